The fourth-order valence-corrected chi connectivity index (χ4v) is 5.30. The van der Waals surface area contributed by atoms with E-state index in [1.807, 2.05) is 4.98 Å². The normalized spacial score (nSPS) is 35.0. The summed E-state index contributed by atoms with van der Waals surface area (Å²) in [6, 6.07) is -0.277. The van der Waals surface area contributed by atoms with E-state index in [-0.39, 0.29) is 0 Å². The zero-order valence-corrected chi connectivity index (χ0v) is 20.9. The lowest BCUT2D eigenvalue weighted by atomic mass is 9.90. The molecule has 2 saturated heterocycles. The van der Waals surface area contributed by atoms with Crippen LogP contribution in [0.25, 0.3) is 0 Å². The Bertz CT molecular complexity index is 1170. The molecule has 0 spiro atoms. The quantitative estimate of drug-likeness (QED) is 0.124. The standard InChI is InChI=1S/C20H30N3O14P/c1-8(25)21-14-10(36-11(5-24)15(28)17(14)30)4-9(26)7-38(33,34)35-6-12-16(29)18(31)19(37-12)23-3-2-13(27)22-20(23)32/h2-3,10-12,14-19,24,28-31H,4-7H2,1H3,(H,21,25)(H,33,34)(H,22,27,32)/t10-,11-,12-,14+,15-,16-,17-,18-,19-/m1/s1. The molecule has 8 N–H and O–H groups in total. The Morgan fingerprint density at radius 2 is 1.74 bits per heavy atom. The SMILES string of the molecule is CC(=O)N[C@@H]1[C@@H](O)[C@H](O)[C@@H](CO)O[C@@H]1CC(=O)CP(=O)(O)OC[C@H]1O[C@@H](n2ccc(=O)[nH]c2=O)[C@H](O)[C@@H]1O. The summed E-state index contributed by atoms with van der Waals surface area (Å²) in [5.74, 6) is -1.50. The highest BCUT2D eigenvalue weighted by Crippen LogP contribution is 2.43. The number of H-pyrrole nitrogens is 1. The number of ketones is 1. The Hall–Kier alpha value is -2.31. The van der Waals surface area contributed by atoms with Crippen LogP contribution < -0.4 is 16.6 Å². The van der Waals surface area contributed by atoms with E-state index in [9.17, 15) is 54.2 Å². The molecule has 10 atom stereocenters. The summed E-state index contributed by atoms with van der Waals surface area (Å²) < 4.78 is 29.0. The molecule has 17 nitrogen and oxygen atoms in total. The van der Waals surface area contributed by atoms with Gasteiger partial charge in [-0.25, -0.2) is 4.79 Å². The number of aliphatic hydroxyl groups excluding tert-OH is 5. The number of carbonyl (C=O) groups excluding carboxylic acids is 2. The molecule has 0 aromatic carbocycles. The van der Waals surface area contributed by atoms with Crippen molar-refractivity contribution in [1.82, 2.24) is 14.9 Å². The summed E-state index contributed by atoms with van der Waals surface area (Å²) in [6.45, 7) is -0.348. The molecule has 1 amide bonds. The van der Waals surface area contributed by atoms with Crippen LogP contribution in [-0.2, 0) is 28.2 Å². The first-order valence-corrected chi connectivity index (χ1v) is 13.2. The fraction of sp³-hybridized carbons (Fsp3) is 0.700. The Balaban J connectivity index is 1.61. The lowest BCUT2D eigenvalue weighted by Gasteiger charge is -2.42. The number of amides is 1. The van der Waals surface area contributed by atoms with Gasteiger partial charge in [0.25, 0.3) is 5.56 Å². The maximum Gasteiger partial charge on any atom is 0.335 e. The molecule has 3 rings (SSSR count). The molecule has 1 unspecified atom stereocenters. The van der Waals surface area contributed by atoms with E-state index in [2.05, 4.69) is 5.32 Å². The summed E-state index contributed by atoms with van der Waals surface area (Å²) in [6.07, 6.45) is -12.5. The van der Waals surface area contributed by atoms with E-state index < -0.39 is 111 Å². The topological polar surface area (TPSA) is 267 Å². The van der Waals surface area contributed by atoms with Gasteiger partial charge in [0, 0.05) is 25.6 Å². The van der Waals surface area contributed by atoms with Crippen LogP contribution in [0.15, 0.2) is 21.9 Å². The van der Waals surface area contributed by atoms with Crippen LogP contribution in [0.3, 0.4) is 0 Å². The summed E-state index contributed by atoms with van der Waals surface area (Å²) >= 11 is 0. The van der Waals surface area contributed by atoms with Crippen LogP contribution in [0.5, 0.6) is 0 Å². The van der Waals surface area contributed by atoms with Crippen molar-refractivity contribution in [1.29, 1.82) is 0 Å². The largest absolute Gasteiger partial charge is 0.394 e. The van der Waals surface area contributed by atoms with Crippen LogP contribution in [0.1, 0.15) is 19.6 Å². The van der Waals surface area contributed by atoms with Crippen LogP contribution in [-0.4, -0.2) is 120 Å². The van der Waals surface area contributed by atoms with Gasteiger partial charge in [0.2, 0.25) is 5.91 Å². The lowest BCUT2D eigenvalue weighted by Crippen LogP contribution is -2.64. The smallest absolute Gasteiger partial charge is 0.335 e. The number of aromatic nitrogens is 2. The molecule has 214 valence electrons. The van der Waals surface area contributed by atoms with E-state index in [0.717, 1.165) is 23.8 Å². The molecule has 1 aromatic rings. The van der Waals surface area contributed by atoms with Gasteiger partial charge in [-0.3, -0.25) is 28.5 Å². The molecule has 0 radical (unpaired) electrons. The fourth-order valence-electron chi connectivity index (χ4n) is 4.25. The number of ether oxygens (including phenoxy) is 2. The molecule has 38 heavy (non-hydrogen) atoms. The Morgan fingerprint density at radius 1 is 1.08 bits per heavy atom. The minimum Gasteiger partial charge on any atom is -0.394 e. The summed E-state index contributed by atoms with van der Waals surface area (Å²) in [4.78, 5) is 59.4. The lowest BCUT2D eigenvalue weighted by molar-refractivity contribution is -0.196. The first-order chi connectivity index (χ1) is 17.7. The zero-order chi connectivity index (χ0) is 28.4. The average molecular weight is 567 g/mol. The number of rotatable bonds is 10. The van der Waals surface area contributed by atoms with Gasteiger partial charge >= 0.3 is 13.3 Å². The minimum atomic E-state index is -4.66. The molecular weight excluding hydrogens is 537 g/mol. The third-order valence-electron chi connectivity index (χ3n) is 6.11. The molecule has 2 aliphatic heterocycles. The summed E-state index contributed by atoms with van der Waals surface area (Å²) in [5, 5.41) is 52.5. The monoisotopic (exact) mass is 567 g/mol. The van der Waals surface area contributed by atoms with Crippen molar-refractivity contribution in [2.75, 3.05) is 19.4 Å². The van der Waals surface area contributed by atoms with E-state index in [1.165, 1.54) is 0 Å². The molecule has 18 heteroatoms. The van der Waals surface area contributed by atoms with Crippen LogP contribution in [0.2, 0.25) is 0 Å². The second-order valence-corrected chi connectivity index (χ2v) is 10.9. The van der Waals surface area contributed by atoms with Crippen molar-refractivity contribution < 1.29 is 58.6 Å². The summed E-state index contributed by atoms with van der Waals surface area (Å²) in [7, 11) is -4.66. The Labute approximate surface area is 214 Å². The highest BCUT2D eigenvalue weighted by molar-refractivity contribution is 7.53. The predicted octanol–water partition coefficient (Wildman–Crippen LogP) is -4.70. The molecule has 0 aliphatic carbocycles. The van der Waals surface area contributed by atoms with E-state index in [4.69, 9.17) is 14.0 Å². The van der Waals surface area contributed by atoms with E-state index in [1.54, 1.807) is 0 Å². The van der Waals surface area contributed by atoms with Gasteiger partial charge in [0.1, 0.15) is 48.6 Å². The number of nitrogens with one attached hydrogen (secondary N) is 2. The van der Waals surface area contributed by atoms with Gasteiger partial charge in [-0.1, -0.05) is 0 Å². The van der Waals surface area contributed by atoms with Crippen molar-refractivity contribution in [3.8, 4) is 0 Å². The van der Waals surface area contributed by atoms with Gasteiger partial charge in [0.15, 0.2) is 6.23 Å². The van der Waals surface area contributed by atoms with E-state index >= 15 is 0 Å². The number of nitrogens with zero attached hydrogens (tertiary/aromatic N) is 1. The molecule has 0 saturated carbocycles. The van der Waals surface area contributed by atoms with Crippen LogP contribution in [0.4, 0.5) is 0 Å². The van der Waals surface area contributed by atoms with Gasteiger partial charge in [-0.2, -0.15) is 0 Å². The zero-order valence-electron chi connectivity index (χ0n) is 20.0. The number of aliphatic hydroxyl groups is 5. The average Bonchev–Trinajstić information content (AvgIpc) is 3.10. The van der Waals surface area contributed by atoms with E-state index in [0.29, 0.717) is 0 Å². The second kappa shape index (κ2) is 12.3. The molecule has 2 fully saturated rings. The van der Waals surface area contributed by atoms with Crippen molar-refractivity contribution in [3.63, 3.8) is 0 Å². The van der Waals surface area contributed by atoms with Gasteiger partial charge < -0.3 is 49.7 Å². The van der Waals surface area contributed by atoms with Crippen molar-refractivity contribution in [2.24, 2.45) is 0 Å². The van der Waals surface area contributed by atoms with Crippen molar-refractivity contribution in [2.45, 2.75) is 68.3 Å². The number of hydrogen-bond donors (Lipinski definition) is 8. The third-order valence-corrected chi connectivity index (χ3v) is 7.41. The number of aromatic amines is 1. The molecule has 1 aromatic heterocycles. The Kier molecular flexibility index (Phi) is 9.75. The Morgan fingerprint density at radius 3 is 2.34 bits per heavy atom. The first-order valence-electron chi connectivity index (χ1n) is 11.4. The van der Waals surface area contributed by atoms with Crippen molar-refractivity contribution in [3.05, 3.63) is 33.1 Å². The highest BCUT2D eigenvalue weighted by Gasteiger charge is 2.47. The van der Waals surface area contributed by atoms with Gasteiger partial charge in [-0.05, 0) is 0 Å². The number of Topliss-reactive ketones (excluding diaryl/α,β-unsaturated/α-hetero) is 1. The molecule has 0 bridgehead atoms. The third kappa shape index (κ3) is 7.01. The molecule has 2 aliphatic rings. The number of hydrogen-bond acceptors (Lipinski definition) is 13. The second-order valence-electron chi connectivity index (χ2n) is 9.00. The maximum atomic E-state index is 12.6. The van der Waals surface area contributed by atoms with Gasteiger partial charge in [0.05, 0.1) is 25.4 Å². The molecule has 3 heterocycles. The summed E-state index contributed by atoms with van der Waals surface area (Å²) in [5.41, 5.74) is -1.64. The first kappa shape index (κ1) is 30.2. The number of carbonyl (C=O) groups is 2. The highest BCUT2D eigenvalue weighted by atomic mass is 31.2. The van der Waals surface area contributed by atoms with Gasteiger partial charge in [-0.15, -0.1) is 0 Å². The van der Waals surface area contributed by atoms with Crippen LogP contribution >= 0.6 is 7.60 Å². The molecular formula is C20H30N3O14P. The minimum absolute atomic E-state index is 0.600. The predicted molar refractivity (Wildman–Crippen MR) is 123 cm³/mol. The maximum absolute atomic E-state index is 12.6. The van der Waals surface area contributed by atoms with Crippen LogP contribution in [0, 0.1) is 0 Å². The van der Waals surface area contributed by atoms with Crippen molar-refractivity contribution >= 4 is 19.3 Å².